The molecule has 3 rings (SSSR count). The van der Waals surface area contributed by atoms with Gasteiger partial charge >= 0.3 is 6.09 Å². The van der Waals surface area contributed by atoms with Gasteiger partial charge in [0.05, 0.1) is 12.2 Å². The first-order valence-electron chi connectivity index (χ1n) is 8.32. The van der Waals surface area contributed by atoms with Crippen LogP contribution in [0.3, 0.4) is 0 Å². The highest BCUT2D eigenvalue weighted by atomic mass is 79.9. The Bertz CT molecular complexity index is 730. The highest BCUT2D eigenvalue weighted by molar-refractivity contribution is 9.10. The number of hydrogen-bond donors (Lipinski definition) is 0. The molecule has 0 saturated carbocycles. The summed E-state index contributed by atoms with van der Waals surface area (Å²) in [4.78, 5) is 22.2. The zero-order chi connectivity index (χ0) is 18.0. The summed E-state index contributed by atoms with van der Waals surface area (Å²) in [6.07, 6.45) is 8.86. The molecule has 1 saturated heterocycles. The molecule has 2 aromatic rings. The van der Waals surface area contributed by atoms with Gasteiger partial charge in [0, 0.05) is 42.8 Å². The lowest BCUT2D eigenvalue weighted by Gasteiger charge is -2.33. The van der Waals surface area contributed by atoms with Crippen LogP contribution < -0.4 is 0 Å². The van der Waals surface area contributed by atoms with Crippen LogP contribution >= 0.6 is 15.9 Å². The van der Waals surface area contributed by atoms with Crippen LogP contribution in [-0.4, -0.2) is 49.4 Å². The van der Waals surface area contributed by atoms with Gasteiger partial charge < -0.3 is 9.64 Å². The maximum Gasteiger partial charge on any atom is 0.410 e. The second-order valence-electron chi connectivity index (χ2n) is 7.15. The highest BCUT2D eigenvalue weighted by Crippen LogP contribution is 2.26. The number of amides is 1. The van der Waals surface area contributed by atoms with E-state index >= 15 is 0 Å². The Labute approximate surface area is 155 Å². The van der Waals surface area contributed by atoms with Gasteiger partial charge in [0.2, 0.25) is 0 Å². The smallest absolute Gasteiger partial charge is 0.410 e. The van der Waals surface area contributed by atoms with Crippen LogP contribution in [0.2, 0.25) is 0 Å². The number of nitrogens with zero attached hydrogens (tertiary/aromatic N) is 5. The number of rotatable bonds is 2. The van der Waals surface area contributed by atoms with Crippen molar-refractivity contribution in [3.8, 4) is 11.1 Å². The summed E-state index contributed by atoms with van der Waals surface area (Å²) in [5, 5.41) is 4.48. The molecule has 1 aliphatic heterocycles. The zero-order valence-electron chi connectivity index (χ0n) is 14.6. The Kier molecular flexibility index (Phi) is 5.08. The summed E-state index contributed by atoms with van der Waals surface area (Å²) in [5.41, 5.74) is 1.46. The molecule has 0 aromatic carbocycles. The van der Waals surface area contributed by atoms with E-state index < -0.39 is 5.60 Å². The summed E-state index contributed by atoms with van der Waals surface area (Å²) >= 11 is 3.24. The van der Waals surface area contributed by atoms with E-state index in [1.165, 1.54) is 0 Å². The average Bonchev–Trinajstić information content (AvgIpc) is 3.04. The minimum atomic E-state index is -0.461. The van der Waals surface area contributed by atoms with Crippen molar-refractivity contribution >= 4 is 22.0 Å². The van der Waals surface area contributed by atoms with Crippen molar-refractivity contribution in [2.45, 2.75) is 45.3 Å². The molecule has 0 radical (unpaired) electrons. The molecular weight excluding hydrogens is 386 g/mol. The van der Waals surface area contributed by atoms with Crippen LogP contribution in [0, 0.1) is 0 Å². The summed E-state index contributed by atoms with van der Waals surface area (Å²) < 4.78 is 7.98. The van der Waals surface area contributed by atoms with E-state index in [1.807, 2.05) is 37.8 Å². The van der Waals surface area contributed by atoms with Crippen LogP contribution in [0.25, 0.3) is 11.1 Å². The van der Waals surface area contributed by atoms with Gasteiger partial charge in [-0.05, 0) is 49.5 Å². The average molecular weight is 408 g/mol. The maximum absolute atomic E-state index is 12.1. The predicted molar refractivity (Wildman–Crippen MR) is 97.0 cm³/mol. The molecule has 2 aromatic heterocycles. The quantitative estimate of drug-likeness (QED) is 0.709. The van der Waals surface area contributed by atoms with Gasteiger partial charge in [-0.3, -0.25) is 4.68 Å². The van der Waals surface area contributed by atoms with Crippen molar-refractivity contribution in [2.75, 3.05) is 13.1 Å². The van der Waals surface area contributed by atoms with E-state index in [1.54, 1.807) is 17.3 Å². The second-order valence-corrected chi connectivity index (χ2v) is 7.86. The van der Waals surface area contributed by atoms with Crippen molar-refractivity contribution in [2.24, 2.45) is 0 Å². The third-order valence-corrected chi connectivity index (χ3v) is 4.45. The van der Waals surface area contributed by atoms with E-state index in [-0.39, 0.29) is 12.1 Å². The van der Waals surface area contributed by atoms with Crippen LogP contribution in [0.4, 0.5) is 4.79 Å². The largest absolute Gasteiger partial charge is 0.444 e. The summed E-state index contributed by atoms with van der Waals surface area (Å²) in [6.45, 7) is 7.00. The number of likely N-dealkylation sites (tertiary alicyclic amines) is 1. The minimum Gasteiger partial charge on any atom is -0.444 e. The molecule has 0 atom stereocenters. The van der Waals surface area contributed by atoms with Crippen molar-refractivity contribution in [1.29, 1.82) is 0 Å². The fourth-order valence-corrected chi connectivity index (χ4v) is 2.99. The fraction of sp³-hybridized carbons (Fsp3) is 0.529. The van der Waals surface area contributed by atoms with Crippen LogP contribution in [0.5, 0.6) is 0 Å². The van der Waals surface area contributed by atoms with Gasteiger partial charge in [0.1, 0.15) is 5.60 Å². The van der Waals surface area contributed by atoms with Gasteiger partial charge in [0.15, 0.2) is 4.73 Å². The first kappa shape index (κ1) is 17.8. The predicted octanol–water partition coefficient (Wildman–Crippen LogP) is 3.67. The zero-order valence-corrected chi connectivity index (χ0v) is 16.2. The Morgan fingerprint density at radius 1 is 1.16 bits per heavy atom. The molecule has 1 aliphatic rings. The Morgan fingerprint density at radius 2 is 1.80 bits per heavy atom. The number of halogens is 1. The molecule has 0 bridgehead atoms. The van der Waals surface area contributed by atoms with Crippen molar-refractivity contribution in [3.63, 3.8) is 0 Å². The second kappa shape index (κ2) is 7.11. The number of aromatic nitrogens is 4. The standard InChI is InChI=1S/C17H22BrN5O2/c1-17(2,3)25-16(24)22-6-4-14(5-7-22)23-11-13(10-21-23)12-8-19-15(18)20-9-12/h8-11,14H,4-7H2,1-3H3. The SMILES string of the molecule is CC(C)(C)OC(=O)N1CCC(n2cc(-c3cnc(Br)nc3)cn2)CC1. The molecule has 7 nitrogen and oxygen atoms in total. The monoisotopic (exact) mass is 407 g/mol. The van der Waals surface area contributed by atoms with Gasteiger partial charge in [-0.2, -0.15) is 5.10 Å². The summed E-state index contributed by atoms with van der Waals surface area (Å²) in [7, 11) is 0. The topological polar surface area (TPSA) is 73.1 Å². The van der Waals surface area contributed by atoms with E-state index in [4.69, 9.17) is 4.74 Å². The van der Waals surface area contributed by atoms with Crippen molar-refractivity contribution in [3.05, 3.63) is 29.5 Å². The van der Waals surface area contributed by atoms with Gasteiger partial charge in [0.25, 0.3) is 0 Å². The molecule has 134 valence electrons. The molecule has 1 fully saturated rings. The Hall–Kier alpha value is -1.96. The molecular formula is C17H22BrN5O2. The molecule has 0 aliphatic carbocycles. The van der Waals surface area contributed by atoms with Gasteiger partial charge in [-0.1, -0.05) is 0 Å². The van der Waals surface area contributed by atoms with Crippen LogP contribution in [0.15, 0.2) is 29.5 Å². The number of hydrogen-bond acceptors (Lipinski definition) is 5. The lowest BCUT2D eigenvalue weighted by molar-refractivity contribution is 0.0185. The lowest BCUT2D eigenvalue weighted by atomic mass is 10.1. The van der Waals surface area contributed by atoms with Gasteiger partial charge in [-0.25, -0.2) is 14.8 Å². The van der Waals surface area contributed by atoms with Gasteiger partial charge in [-0.15, -0.1) is 0 Å². The number of ether oxygens (including phenoxy) is 1. The molecule has 25 heavy (non-hydrogen) atoms. The summed E-state index contributed by atoms with van der Waals surface area (Å²) in [6, 6.07) is 0.281. The van der Waals surface area contributed by atoms with Crippen LogP contribution in [0.1, 0.15) is 39.7 Å². The van der Waals surface area contributed by atoms with E-state index in [2.05, 4.69) is 31.0 Å². The lowest BCUT2D eigenvalue weighted by Crippen LogP contribution is -2.42. The molecule has 8 heteroatoms. The third-order valence-electron chi connectivity index (χ3n) is 4.05. The van der Waals surface area contributed by atoms with Crippen LogP contribution in [-0.2, 0) is 4.74 Å². The van der Waals surface area contributed by atoms with E-state index in [9.17, 15) is 4.79 Å². The highest BCUT2D eigenvalue weighted by Gasteiger charge is 2.27. The third kappa shape index (κ3) is 4.56. The normalized spacial score (nSPS) is 16.1. The Morgan fingerprint density at radius 3 is 2.40 bits per heavy atom. The fourth-order valence-electron chi connectivity index (χ4n) is 2.79. The number of piperidine rings is 1. The molecule has 3 heterocycles. The van der Waals surface area contributed by atoms with E-state index in [0.29, 0.717) is 17.8 Å². The molecule has 1 amide bonds. The number of carbonyl (C=O) groups is 1. The maximum atomic E-state index is 12.1. The van der Waals surface area contributed by atoms with Crippen molar-refractivity contribution < 1.29 is 9.53 Å². The molecule has 0 N–H and O–H groups in total. The minimum absolute atomic E-state index is 0.237. The Balaban J connectivity index is 1.60. The molecule has 0 unspecified atom stereocenters. The van der Waals surface area contributed by atoms with E-state index in [0.717, 1.165) is 24.0 Å². The number of carbonyl (C=O) groups excluding carboxylic acids is 1. The first-order chi connectivity index (χ1) is 11.8. The molecule has 0 spiro atoms. The van der Waals surface area contributed by atoms with Crippen molar-refractivity contribution in [1.82, 2.24) is 24.6 Å². The summed E-state index contributed by atoms with van der Waals surface area (Å²) in [5.74, 6) is 0. The first-order valence-corrected chi connectivity index (χ1v) is 9.11.